The minimum atomic E-state index is -1.20. The number of amides is 2. The van der Waals surface area contributed by atoms with Gasteiger partial charge in [0.05, 0.1) is 12.1 Å². The van der Waals surface area contributed by atoms with Gasteiger partial charge < -0.3 is 0 Å². The predicted octanol–water partition coefficient (Wildman–Crippen LogP) is 1.53. The quantitative estimate of drug-likeness (QED) is 0.793. The first-order chi connectivity index (χ1) is 9.44. The molecule has 20 heavy (non-hydrogen) atoms. The van der Waals surface area contributed by atoms with Gasteiger partial charge in [0.15, 0.2) is 0 Å². The van der Waals surface area contributed by atoms with Gasteiger partial charge in [-0.1, -0.05) is 30.7 Å². The van der Waals surface area contributed by atoms with Crippen molar-refractivity contribution in [1.29, 1.82) is 10.5 Å². The fourth-order valence-corrected chi connectivity index (χ4v) is 2.63. The van der Waals surface area contributed by atoms with Crippen LogP contribution in [0.5, 0.6) is 0 Å². The topological polar surface area (TPSA) is 93.8 Å². The van der Waals surface area contributed by atoms with E-state index in [1.165, 1.54) is 0 Å². The molecule has 1 N–H and O–H groups in total. The molecule has 0 radical (unpaired) electrons. The molecule has 1 saturated heterocycles. The smallest absolute Gasteiger partial charge is 0.244 e. The third-order valence-electron chi connectivity index (χ3n) is 3.69. The first kappa shape index (κ1) is 14.0. The minimum Gasteiger partial charge on any atom is -0.294 e. The van der Waals surface area contributed by atoms with Crippen LogP contribution in [0, 0.1) is 34.5 Å². The van der Waals surface area contributed by atoms with E-state index in [1.807, 2.05) is 12.1 Å². The molecule has 0 bridgehead atoms. The van der Waals surface area contributed by atoms with Crippen molar-refractivity contribution in [3.63, 3.8) is 0 Å². The summed E-state index contributed by atoms with van der Waals surface area (Å²) in [6.45, 7) is 1.58. The van der Waals surface area contributed by atoms with E-state index in [1.54, 1.807) is 31.2 Å². The van der Waals surface area contributed by atoms with E-state index in [0.29, 0.717) is 10.6 Å². The van der Waals surface area contributed by atoms with Crippen LogP contribution in [0.4, 0.5) is 0 Å². The van der Waals surface area contributed by atoms with Crippen LogP contribution in [0.15, 0.2) is 24.3 Å². The van der Waals surface area contributed by atoms with E-state index >= 15 is 0 Å². The summed E-state index contributed by atoms with van der Waals surface area (Å²) in [5.74, 6) is -3.60. The zero-order chi connectivity index (χ0) is 14.9. The number of nitriles is 2. The van der Waals surface area contributed by atoms with Gasteiger partial charge in [0, 0.05) is 10.4 Å². The maximum Gasteiger partial charge on any atom is 0.244 e. The number of nitrogens with zero attached hydrogens (tertiary/aromatic N) is 2. The maximum atomic E-state index is 11.9. The highest BCUT2D eigenvalue weighted by molar-refractivity contribution is 6.30. The number of carbonyl (C=O) groups excluding carboxylic acids is 2. The molecule has 100 valence electrons. The maximum absolute atomic E-state index is 11.9. The van der Waals surface area contributed by atoms with Crippen molar-refractivity contribution in [2.75, 3.05) is 0 Å². The van der Waals surface area contributed by atoms with Crippen LogP contribution in [-0.2, 0) is 15.0 Å². The molecule has 1 aliphatic rings. The zero-order valence-corrected chi connectivity index (χ0v) is 11.3. The molecule has 1 heterocycles. The van der Waals surface area contributed by atoms with Crippen LogP contribution in [0.1, 0.15) is 12.5 Å². The van der Waals surface area contributed by atoms with Crippen LogP contribution >= 0.6 is 11.6 Å². The van der Waals surface area contributed by atoms with E-state index in [4.69, 9.17) is 11.6 Å². The van der Waals surface area contributed by atoms with Crippen LogP contribution in [0.2, 0.25) is 5.02 Å². The van der Waals surface area contributed by atoms with Crippen molar-refractivity contribution in [2.24, 2.45) is 11.8 Å². The van der Waals surface area contributed by atoms with Crippen molar-refractivity contribution in [2.45, 2.75) is 12.3 Å². The molecular weight excluding hydrogens is 278 g/mol. The lowest BCUT2D eigenvalue weighted by molar-refractivity contribution is -0.140. The number of rotatable bonds is 1. The highest BCUT2D eigenvalue weighted by atomic mass is 35.5. The van der Waals surface area contributed by atoms with Crippen molar-refractivity contribution >= 4 is 23.4 Å². The third-order valence-corrected chi connectivity index (χ3v) is 3.95. The highest BCUT2D eigenvalue weighted by Crippen LogP contribution is 2.42. The van der Waals surface area contributed by atoms with Gasteiger partial charge in [-0.3, -0.25) is 14.9 Å². The summed E-state index contributed by atoms with van der Waals surface area (Å²) in [5, 5.41) is 21.1. The lowest BCUT2D eigenvalue weighted by atomic mass is 9.62. The van der Waals surface area contributed by atoms with Crippen molar-refractivity contribution in [3.05, 3.63) is 34.9 Å². The van der Waals surface area contributed by atoms with Crippen LogP contribution < -0.4 is 5.32 Å². The van der Waals surface area contributed by atoms with Gasteiger partial charge in [0.2, 0.25) is 11.8 Å². The van der Waals surface area contributed by atoms with Crippen molar-refractivity contribution in [1.82, 2.24) is 5.32 Å². The molecule has 1 aromatic rings. The molecule has 0 spiro atoms. The number of hydrogen-bond donors (Lipinski definition) is 1. The normalized spacial score (nSPS) is 29.2. The second-order valence-corrected chi connectivity index (χ2v) is 5.20. The van der Waals surface area contributed by atoms with Crippen molar-refractivity contribution < 1.29 is 9.59 Å². The molecule has 1 aromatic carbocycles. The van der Waals surface area contributed by atoms with E-state index in [0.717, 1.165) is 0 Å². The molecular formula is C14H10ClN3O2. The highest BCUT2D eigenvalue weighted by Gasteiger charge is 2.54. The average molecular weight is 288 g/mol. The Morgan fingerprint density at radius 2 is 1.55 bits per heavy atom. The Kier molecular flexibility index (Phi) is 3.48. The van der Waals surface area contributed by atoms with E-state index in [-0.39, 0.29) is 0 Å². The van der Waals surface area contributed by atoms with Gasteiger partial charge in [-0.25, -0.2) is 0 Å². The number of piperidine rings is 1. The van der Waals surface area contributed by atoms with Gasteiger partial charge >= 0.3 is 0 Å². The number of hydrogen-bond acceptors (Lipinski definition) is 4. The van der Waals surface area contributed by atoms with E-state index < -0.39 is 29.1 Å². The van der Waals surface area contributed by atoms with Gasteiger partial charge in [0.1, 0.15) is 11.8 Å². The fourth-order valence-electron chi connectivity index (χ4n) is 2.50. The largest absolute Gasteiger partial charge is 0.294 e. The van der Waals surface area contributed by atoms with Gasteiger partial charge in [-0.15, -0.1) is 0 Å². The average Bonchev–Trinajstić information content (AvgIpc) is 2.39. The Morgan fingerprint density at radius 1 is 1.10 bits per heavy atom. The SMILES string of the molecule is CC1(c2ccc(Cl)cc2)[C@H](C#N)C(=O)NC(=O)[C@@H]1C#N. The Balaban J connectivity index is 2.65. The molecule has 0 aromatic heterocycles. The summed E-state index contributed by atoms with van der Waals surface area (Å²) in [4.78, 5) is 23.7. The predicted molar refractivity (Wildman–Crippen MR) is 70.2 cm³/mol. The van der Waals surface area contributed by atoms with Gasteiger partial charge in [-0.05, 0) is 17.7 Å². The fraction of sp³-hybridized carbons (Fsp3) is 0.286. The first-order valence-corrected chi connectivity index (χ1v) is 6.23. The molecule has 0 saturated carbocycles. The minimum absolute atomic E-state index is 0.492. The Morgan fingerprint density at radius 3 is 1.95 bits per heavy atom. The van der Waals surface area contributed by atoms with E-state index in [2.05, 4.69) is 5.32 Å². The summed E-state index contributed by atoms with van der Waals surface area (Å²) in [6.07, 6.45) is 0. The van der Waals surface area contributed by atoms with Crippen LogP contribution in [0.3, 0.4) is 0 Å². The molecule has 2 amide bonds. The second-order valence-electron chi connectivity index (χ2n) is 4.77. The Labute approximate surface area is 120 Å². The first-order valence-electron chi connectivity index (χ1n) is 5.85. The molecule has 3 atom stereocenters. The zero-order valence-electron chi connectivity index (χ0n) is 10.6. The molecule has 1 aliphatic heterocycles. The number of benzene rings is 1. The molecule has 1 unspecified atom stereocenters. The molecule has 2 rings (SSSR count). The summed E-state index contributed by atoms with van der Waals surface area (Å²) in [5.41, 5.74) is -0.642. The number of halogens is 1. The number of nitrogens with one attached hydrogen (secondary N) is 1. The Hall–Kier alpha value is -2.37. The van der Waals surface area contributed by atoms with Crippen LogP contribution in [0.25, 0.3) is 0 Å². The number of carbonyl (C=O) groups is 2. The van der Waals surface area contributed by atoms with Gasteiger partial charge in [-0.2, -0.15) is 10.5 Å². The molecule has 6 heteroatoms. The lowest BCUT2D eigenvalue weighted by Crippen LogP contribution is -2.58. The standard InChI is InChI=1S/C14H10ClN3O2/c1-14(8-2-4-9(15)5-3-8)10(6-16)12(19)18-13(20)11(14)7-17/h2-5,10-11H,1H3,(H,18,19,20)/t10-,11+,14?. The molecule has 1 fully saturated rings. The van der Waals surface area contributed by atoms with E-state index in [9.17, 15) is 20.1 Å². The monoisotopic (exact) mass is 287 g/mol. The number of imide groups is 1. The van der Waals surface area contributed by atoms with Crippen LogP contribution in [-0.4, -0.2) is 11.8 Å². The summed E-state index contributed by atoms with van der Waals surface area (Å²) >= 11 is 5.82. The van der Waals surface area contributed by atoms with Gasteiger partial charge in [0.25, 0.3) is 0 Å². The summed E-state index contributed by atoms with van der Waals surface area (Å²) in [6, 6.07) is 10.2. The summed E-state index contributed by atoms with van der Waals surface area (Å²) in [7, 11) is 0. The van der Waals surface area contributed by atoms with Crippen molar-refractivity contribution in [3.8, 4) is 12.1 Å². The Bertz CT molecular complexity index is 622. The summed E-state index contributed by atoms with van der Waals surface area (Å²) < 4.78 is 0. The molecule has 5 nitrogen and oxygen atoms in total. The second kappa shape index (κ2) is 4.96. The lowest BCUT2D eigenvalue weighted by Gasteiger charge is -2.39. The molecule has 0 aliphatic carbocycles. The third kappa shape index (κ3) is 1.93.